The summed E-state index contributed by atoms with van der Waals surface area (Å²) >= 11 is 0. The first kappa shape index (κ1) is 12.9. The van der Waals surface area contributed by atoms with E-state index >= 15 is 0 Å². The molecule has 0 radical (unpaired) electrons. The summed E-state index contributed by atoms with van der Waals surface area (Å²) in [6.45, 7) is 4.54. The molecule has 2 aromatic heterocycles. The normalized spacial score (nSPS) is 11.3. The zero-order valence-electron chi connectivity index (χ0n) is 11.9. The Hall–Kier alpha value is -2.14. The van der Waals surface area contributed by atoms with Crippen molar-refractivity contribution in [2.45, 2.75) is 26.6 Å². The predicted octanol–water partition coefficient (Wildman–Crippen LogP) is 2.02. The van der Waals surface area contributed by atoms with Crippen LogP contribution in [0.2, 0.25) is 0 Å². The van der Waals surface area contributed by atoms with E-state index in [2.05, 4.69) is 57.4 Å². The first-order valence-electron chi connectivity index (χ1n) is 6.91. The Kier molecular flexibility index (Phi) is 3.52. The molecule has 0 fully saturated rings. The fraction of sp³-hybridized carbons (Fsp3) is 0.333. The number of aromatic nitrogens is 4. The van der Waals surface area contributed by atoms with E-state index in [1.807, 2.05) is 11.7 Å². The summed E-state index contributed by atoms with van der Waals surface area (Å²) < 4.78 is 4.19. The van der Waals surface area contributed by atoms with Crippen LogP contribution in [-0.4, -0.2) is 26.4 Å². The molecule has 2 heterocycles. The summed E-state index contributed by atoms with van der Waals surface area (Å²) in [5.74, 6) is 0.990. The van der Waals surface area contributed by atoms with Crippen LogP contribution in [0.5, 0.6) is 0 Å². The van der Waals surface area contributed by atoms with Crippen LogP contribution in [-0.2, 0) is 19.6 Å². The minimum atomic E-state index is 0.748. The zero-order chi connectivity index (χ0) is 13.9. The lowest BCUT2D eigenvalue weighted by Gasteiger charge is -2.10. The van der Waals surface area contributed by atoms with Gasteiger partial charge in [-0.1, -0.05) is 18.2 Å². The quantitative estimate of drug-likeness (QED) is 0.771. The van der Waals surface area contributed by atoms with Crippen LogP contribution >= 0.6 is 0 Å². The third-order valence-electron chi connectivity index (χ3n) is 3.55. The smallest absolute Gasteiger partial charge is 0.146 e. The SMILES string of the molecule is CCn1ncnc1Cn1ccc2cccc(CNC)c21. The van der Waals surface area contributed by atoms with Crippen molar-refractivity contribution in [2.75, 3.05) is 7.05 Å². The fourth-order valence-corrected chi connectivity index (χ4v) is 2.63. The van der Waals surface area contributed by atoms with Crippen molar-refractivity contribution in [3.05, 3.63) is 48.2 Å². The van der Waals surface area contributed by atoms with Gasteiger partial charge in [0, 0.05) is 19.3 Å². The van der Waals surface area contributed by atoms with E-state index in [0.29, 0.717) is 0 Å². The molecule has 5 nitrogen and oxygen atoms in total. The van der Waals surface area contributed by atoms with Gasteiger partial charge >= 0.3 is 0 Å². The minimum Gasteiger partial charge on any atom is -0.340 e. The average molecular weight is 269 g/mol. The maximum absolute atomic E-state index is 4.36. The fourth-order valence-electron chi connectivity index (χ4n) is 2.63. The van der Waals surface area contributed by atoms with Crippen molar-refractivity contribution in [3.63, 3.8) is 0 Å². The molecule has 0 aliphatic carbocycles. The number of nitrogens with zero attached hydrogens (tertiary/aromatic N) is 4. The average Bonchev–Trinajstić information content (AvgIpc) is 3.07. The van der Waals surface area contributed by atoms with Gasteiger partial charge in [0.15, 0.2) is 0 Å². The monoisotopic (exact) mass is 269 g/mol. The highest BCUT2D eigenvalue weighted by atomic mass is 15.3. The molecule has 0 amide bonds. The van der Waals surface area contributed by atoms with Crippen molar-refractivity contribution in [1.82, 2.24) is 24.6 Å². The number of para-hydroxylation sites is 1. The first-order chi connectivity index (χ1) is 9.83. The summed E-state index contributed by atoms with van der Waals surface area (Å²) in [6, 6.07) is 8.57. The van der Waals surface area contributed by atoms with Crippen LogP contribution in [0.4, 0.5) is 0 Å². The molecule has 0 aliphatic rings. The van der Waals surface area contributed by atoms with Crippen LogP contribution < -0.4 is 5.32 Å². The standard InChI is InChI=1S/C15H19N5/c1-3-20-14(17-11-18-20)10-19-8-7-12-5-4-6-13(9-16-2)15(12)19/h4-8,11,16H,3,9-10H2,1-2H3. The Balaban J connectivity index is 2.03. The second-order valence-corrected chi connectivity index (χ2v) is 4.82. The first-order valence-corrected chi connectivity index (χ1v) is 6.91. The van der Waals surface area contributed by atoms with E-state index in [1.165, 1.54) is 16.5 Å². The third kappa shape index (κ3) is 2.20. The van der Waals surface area contributed by atoms with Gasteiger partial charge in [0.05, 0.1) is 12.1 Å². The maximum atomic E-state index is 4.36. The van der Waals surface area contributed by atoms with Gasteiger partial charge in [0.25, 0.3) is 0 Å². The molecule has 1 N–H and O–H groups in total. The second-order valence-electron chi connectivity index (χ2n) is 4.82. The van der Waals surface area contributed by atoms with Crippen molar-refractivity contribution >= 4 is 10.9 Å². The van der Waals surface area contributed by atoms with Crippen molar-refractivity contribution in [1.29, 1.82) is 0 Å². The van der Waals surface area contributed by atoms with E-state index in [1.54, 1.807) is 6.33 Å². The van der Waals surface area contributed by atoms with Crippen molar-refractivity contribution in [3.8, 4) is 0 Å². The van der Waals surface area contributed by atoms with Gasteiger partial charge in [-0.15, -0.1) is 0 Å². The molecule has 0 unspecified atom stereocenters. The number of aryl methyl sites for hydroxylation is 1. The van der Waals surface area contributed by atoms with Gasteiger partial charge in [-0.25, -0.2) is 9.67 Å². The van der Waals surface area contributed by atoms with E-state index < -0.39 is 0 Å². The van der Waals surface area contributed by atoms with Crippen molar-refractivity contribution in [2.24, 2.45) is 0 Å². The number of hydrogen-bond acceptors (Lipinski definition) is 3. The van der Waals surface area contributed by atoms with Crippen LogP contribution in [0.1, 0.15) is 18.3 Å². The highest BCUT2D eigenvalue weighted by molar-refractivity contribution is 5.83. The molecule has 3 rings (SSSR count). The number of hydrogen-bond donors (Lipinski definition) is 1. The van der Waals surface area contributed by atoms with E-state index in [-0.39, 0.29) is 0 Å². The summed E-state index contributed by atoms with van der Waals surface area (Å²) in [5, 5.41) is 8.73. The highest BCUT2D eigenvalue weighted by Gasteiger charge is 2.09. The molecule has 1 aromatic carbocycles. The van der Waals surface area contributed by atoms with Gasteiger partial charge in [-0.2, -0.15) is 5.10 Å². The number of rotatable bonds is 5. The molecular formula is C15H19N5. The number of benzene rings is 1. The minimum absolute atomic E-state index is 0.748. The molecule has 20 heavy (non-hydrogen) atoms. The Labute approximate surface area is 118 Å². The molecule has 0 bridgehead atoms. The Morgan fingerprint density at radius 1 is 1.25 bits per heavy atom. The van der Waals surface area contributed by atoms with Gasteiger partial charge in [0.1, 0.15) is 12.2 Å². The Morgan fingerprint density at radius 3 is 2.95 bits per heavy atom. The summed E-state index contributed by atoms with van der Waals surface area (Å²) in [7, 11) is 1.97. The van der Waals surface area contributed by atoms with Crippen LogP contribution in [0.3, 0.4) is 0 Å². The molecule has 5 heteroatoms. The summed E-state index contributed by atoms with van der Waals surface area (Å²) in [4.78, 5) is 4.36. The lowest BCUT2D eigenvalue weighted by Crippen LogP contribution is -2.11. The molecule has 0 aliphatic heterocycles. The van der Waals surface area contributed by atoms with Crippen LogP contribution in [0, 0.1) is 0 Å². The topological polar surface area (TPSA) is 47.7 Å². The van der Waals surface area contributed by atoms with Crippen molar-refractivity contribution < 1.29 is 0 Å². The molecular weight excluding hydrogens is 250 g/mol. The predicted molar refractivity (Wildman–Crippen MR) is 79.5 cm³/mol. The molecule has 3 aromatic rings. The van der Waals surface area contributed by atoms with Crippen LogP contribution in [0.15, 0.2) is 36.8 Å². The zero-order valence-corrected chi connectivity index (χ0v) is 11.9. The van der Waals surface area contributed by atoms with Crippen LogP contribution in [0.25, 0.3) is 10.9 Å². The molecule has 0 saturated heterocycles. The van der Waals surface area contributed by atoms with Gasteiger partial charge in [-0.05, 0) is 31.0 Å². The highest BCUT2D eigenvalue weighted by Crippen LogP contribution is 2.21. The summed E-state index contributed by atoms with van der Waals surface area (Å²) in [6.07, 6.45) is 3.75. The molecule has 104 valence electrons. The lowest BCUT2D eigenvalue weighted by atomic mass is 10.1. The lowest BCUT2D eigenvalue weighted by molar-refractivity contribution is 0.596. The summed E-state index contributed by atoms with van der Waals surface area (Å²) in [5.41, 5.74) is 2.57. The molecule has 0 saturated carbocycles. The Bertz CT molecular complexity index is 710. The van der Waals surface area contributed by atoms with E-state index in [9.17, 15) is 0 Å². The number of fused-ring (bicyclic) bond motifs is 1. The van der Waals surface area contributed by atoms with E-state index in [4.69, 9.17) is 0 Å². The molecule has 0 spiro atoms. The molecule has 0 atom stereocenters. The van der Waals surface area contributed by atoms with E-state index in [0.717, 1.165) is 25.5 Å². The third-order valence-corrected chi connectivity index (χ3v) is 3.55. The Morgan fingerprint density at radius 2 is 2.15 bits per heavy atom. The van der Waals surface area contributed by atoms with Gasteiger partial charge in [0.2, 0.25) is 0 Å². The van der Waals surface area contributed by atoms with Gasteiger partial charge < -0.3 is 9.88 Å². The maximum Gasteiger partial charge on any atom is 0.146 e. The number of nitrogens with one attached hydrogen (secondary N) is 1. The largest absolute Gasteiger partial charge is 0.340 e. The van der Waals surface area contributed by atoms with Gasteiger partial charge in [-0.3, -0.25) is 0 Å². The second kappa shape index (κ2) is 5.46.